The van der Waals surface area contributed by atoms with Crippen molar-refractivity contribution in [2.24, 2.45) is 0 Å². The lowest BCUT2D eigenvalue weighted by Gasteiger charge is -2.04. The SMILES string of the molecule is O=C(Nc1cn(Cc2cccc(Cl)c2)cn1)c1cnc2ccccc2c1. The molecular formula is C20H15ClN4O. The predicted octanol–water partition coefficient (Wildman–Crippen LogP) is 4.39. The normalized spacial score (nSPS) is 10.8. The van der Waals surface area contributed by atoms with E-state index in [1.165, 1.54) is 0 Å². The van der Waals surface area contributed by atoms with E-state index in [2.05, 4.69) is 15.3 Å². The number of pyridine rings is 1. The molecule has 0 atom stereocenters. The molecule has 0 bridgehead atoms. The number of rotatable bonds is 4. The lowest BCUT2D eigenvalue weighted by molar-refractivity contribution is 0.102. The topological polar surface area (TPSA) is 59.8 Å². The summed E-state index contributed by atoms with van der Waals surface area (Å²) in [5, 5.41) is 4.42. The number of amides is 1. The molecule has 2 heterocycles. The van der Waals surface area contributed by atoms with Crippen LogP contribution in [0.2, 0.25) is 5.02 Å². The number of nitrogens with one attached hydrogen (secondary N) is 1. The first-order valence-corrected chi connectivity index (χ1v) is 8.47. The molecule has 0 aliphatic carbocycles. The van der Waals surface area contributed by atoms with Gasteiger partial charge in [-0.3, -0.25) is 9.78 Å². The standard InChI is InChI=1S/C20H15ClN4O/c21-17-6-3-4-14(8-17)11-25-12-19(23-13-25)24-20(26)16-9-15-5-1-2-7-18(15)22-10-16/h1-10,12-13H,11H2,(H,24,26). The second kappa shape index (κ2) is 6.98. The molecule has 6 heteroatoms. The Balaban J connectivity index is 1.48. The summed E-state index contributed by atoms with van der Waals surface area (Å²) in [6, 6.07) is 17.1. The quantitative estimate of drug-likeness (QED) is 0.586. The van der Waals surface area contributed by atoms with E-state index in [0.717, 1.165) is 16.5 Å². The fraction of sp³-hybridized carbons (Fsp3) is 0.0500. The number of fused-ring (bicyclic) bond motifs is 1. The number of aromatic nitrogens is 3. The van der Waals surface area contributed by atoms with Gasteiger partial charge in [0.25, 0.3) is 5.91 Å². The van der Waals surface area contributed by atoms with Crippen LogP contribution in [0.3, 0.4) is 0 Å². The van der Waals surface area contributed by atoms with Crippen LogP contribution >= 0.6 is 11.6 Å². The van der Waals surface area contributed by atoms with Crippen LogP contribution in [0.1, 0.15) is 15.9 Å². The van der Waals surface area contributed by atoms with Gasteiger partial charge in [-0.15, -0.1) is 0 Å². The molecule has 1 amide bonds. The van der Waals surface area contributed by atoms with Crippen molar-refractivity contribution < 1.29 is 4.79 Å². The van der Waals surface area contributed by atoms with Gasteiger partial charge < -0.3 is 9.88 Å². The van der Waals surface area contributed by atoms with Crippen LogP contribution in [0.25, 0.3) is 10.9 Å². The number of hydrogen-bond acceptors (Lipinski definition) is 3. The molecule has 0 aliphatic heterocycles. The summed E-state index contributed by atoms with van der Waals surface area (Å²) in [6.45, 7) is 0.626. The van der Waals surface area contributed by atoms with Gasteiger partial charge in [0.05, 0.1) is 17.4 Å². The van der Waals surface area contributed by atoms with Crippen molar-refractivity contribution in [2.45, 2.75) is 6.54 Å². The highest BCUT2D eigenvalue weighted by atomic mass is 35.5. The van der Waals surface area contributed by atoms with Gasteiger partial charge in [-0.2, -0.15) is 0 Å². The van der Waals surface area contributed by atoms with E-state index >= 15 is 0 Å². The van der Waals surface area contributed by atoms with Crippen molar-refractivity contribution >= 4 is 34.2 Å². The number of anilines is 1. The molecule has 4 aromatic rings. The van der Waals surface area contributed by atoms with E-state index in [4.69, 9.17) is 11.6 Å². The first-order chi connectivity index (χ1) is 12.7. The van der Waals surface area contributed by atoms with Gasteiger partial charge in [-0.1, -0.05) is 41.9 Å². The Hall–Kier alpha value is -3.18. The van der Waals surface area contributed by atoms with Crippen molar-refractivity contribution in [3.8, 4) is 0 Å². The first kappa shape index (κ1) is 16.3. The number of hydrogen-bond donors (Lipinski definition) is 1. The molecule has 0 fully saturated rings. The summed E-state index contributed by atoms with van der Waals surface area (Å²) in [5.74, 6) is 0.251. The Bertz CT molecular complexity index is 1090. The monoisotopic (exact) mass is 362 g/mol. The van der Waals surface area contributed by atoms with E-state index in [-0.39, 0.29) is 5.91 Å². The van der Waals surface area contributed by atoms with Crippen LogP contribution in [-0.2, 0) is 6.54 Å². The molecule has 5 nitrogen and oxygen atoms in total. The maximum Gasteiger partial charge on any atom is 0.258 e. The molecule has 128 valence electrons. The zero-order valence-electron chi connectivity index (χ0n) is 13.8. The molecule has 26 heavy (non-hydrogen) atoms. The van der Waals surface area contributed by atoms with Gasteiger partial charge in [0.2, 0.25) is 0 Å². The Kier molecular flexibility index (Phi) is 4.37. The number of carbonyl (C=O) groups excluding carboxylic acids is 1. The fourth-order valence-corrected chi connectivity index (χ4v) is 2.95. The summed E-state index contributed by atoms with van der Waals surface area (Å²) in [4.78, 5) is 21.0. The van der Waals surface area contributed by atoms with Gasteiger partial charge >= 0.3 is 0 Å². The average Bonchev–Trinajstić information content (AvgIpc) is 3.08. The minimum Gasteiger partial charge on any atom is -0.331 e. The lowest BCUT2D eigenvalue weighted by atomic mass is 10.1. The van der Waals surface area contributed by atoms with Crippen LogP contribution in [0.15, 0.2) is 73.3 Å². The molecule has 2 aromatic carbocycles. The smallest absolute Gasteiger partial charge is 0.258 e. The second-order valence-corrected chi connectivity index (χ2v) is 6.37. The van der Waals surface area contributed by atoms with Gasteiger partial charge in [0, 0.05) is 29.3 Å². The zero-order chi connectivity index (χ0) is 17.9. The fourth-order valence-electron chi connectivity index (χ4n) is 2.74. The second-order valence-electron chi connectivity index (χ2n) is 5.93. The minimum absolute atomic E-state index is 0.240. The highest BCUT2D eigenvalue weighted by Gasteiger charge is 2.09. The summed E-state index contributed by atoms with van der Waals surface area (Å²) < 4.78 is 1.89. The lowest BCUT2D eigenvalue weighted by Crippen LogP contribution is -2.12. The molecule has 0 aliphatic rings. The Labute approximate surface area is 155 Å². The molecule has 0 saturated carbocycles. The van der Waals surface area contributed by atoms with Crippen molar-refractivity contribution in [1.29, 1.82) is 0 Å². The highest BCUT2D eigenvalue weighted by molar-refractivity contribution is 6.30. The maximum atomic E-state index is 12.5. The molecular weight excluding hydrogens is 348 g/mol. The molecule has 0 unspecified atom stereocenters. The van der Waals surface area contributed by atoms with Gasteiger partial charge in [-0.05, 0) is 29.8 Å². The predicted molar refractivity (Wildman–Crippen MR) is 102 cm³/mol. The molecule has 2 aromatic heterocycles. The number of benzene rings is 2. The number of halogens is 1. The summed E-state index contributed by atoms with van der Waals surface area (Å²) in [6.07, 6.45) is 5.03. The van der Waals surface area contributed by atoms with E-state index in [9.17, 15) is 4.79 Å². The third-order valence-electron chi connectivity index (χ3n) is 3.98. The van der Waals surface area contributed by atoms with Crippen molar-refractivity contribution in [1.82, 2.24) is 14.5 Å². The highest BCUT2D eigenvalue weighted by Crippen LogP contribution is 2.15. The van der Waals surface area contributed by atoms with E-state index in [1.54, 1.807) is 18.7 Å². The van der Waals surface area contributed by atoms with Crippen LogP contribution in [0.5, 0.6) is 0 Å². The third-order valence-corrected chi connectivity index (χ3v) is 4.22. The van der Waals surface area contributed by atoms with Gasteiger partial charge in [0.1, 0.15) is 0 Å². The number of imidazole rings is 1. The molecule has 4 rings (SSSR count). The molecule has 0 saturated heterocycles. The summed E-state index contributed by atoms with van der Waals surface area (Å²) in [5.41, 5.74) is 2.41. The third kappa shape index (κ3) is 3.58. The molecule has 0 radical (unpaired) electrons. The molecule has 0 spiro atoms. The number of para-hydroxylation sites is 1. The Morgan fingerprint density at radius 3 is 2.85 bits per heavy atom. The number of nitrogens with zero attached hydrogens (tertiary/aromatic N) is 3. The van der Waals surface area contributed by atoms with Gasteiger partial charge in [0.15, 0.2) is 5.82 Å². The van der Waals surface area contributed by atoms with E-state index < -0.39 is 0 Å². The van der Waals surface area contributed by atoms with Crippen molar-refractivity contribution in [3.05, 3.63) is 89.5 Å². The van der Waals surface area contributed by atoms with Crippen LogP contribution in [0.4, 0.5) is 5.82 Å². The van der Waals surface area contributed by atoms with Crippen LogP contribution < -0.4 is 5.32 Å². The Morgan fingerprint density at radius 2 is 1.96 bits per heavy atom. The average molecular weight is 363 g/mol. The largest absolute Gasteiger partial charge is 0.331 e. The first-order valence-electron chi connectivity index (χ1n) is 8.10. The van der Waals surface area contributed by atoms with Crippen molar-refractivity contribution in [2.75, 3.05) is 5.32 Å². The molecule has 1 N–H and O–H groups in total. The zero-order valence-corrected chi connectivity index (χ0v) is 14.5. The van der Waals surface area contributed by atoms with Crippen molar-refractivity contribution in [3.63, 3.8) is 0 Å². The summed E-state index contributed by atoms with van der Waals surface area (Å²) >= 11 is 6.01. The van der Waals surface area contributed by atoms with Gasteiger partial charge in [-0.25, -0.2) is 4.98 Å². The maximum absolute atomic E-state index is 12.5. The van der Waals surface area contributed by atoms with Crippen LogP contribution in [-0.4, -0.2) is 20.4 Å². The number of carbonyl (C=O) groups is 1. The minimum atomic E-state index is -0.240. The van der Waals surface area contributed by atoms with Crippen LogP contribution in [0, 0.1) is 0 Å². The summed E-state index contributed by atoms with van der Waals surface area (Å²) in [7, 11) is 0. The van der Waals surface area contributed by atoms with E-state index in [0.29, 0.717) is 22.9 Å². The van der Waals surface area contributed by atoms with E-state index in [1.807, 2.05) is 59.2 Å². The Morgan fingerprint density at radius 1 is 1.08 bits per heavy atom.